The van der Waals surface area contributed by atoms with Crippen molar-refractivity contribution in [3.05, 3.63) is 12.3 Å². The fourth-order valence-electron chi connectivity index (χ4n) is 0.566. The Hall–Kier alpha value is -0.500. The van der Waals surface area contributed by atoms with Gasteiger partial charge in [-0.05, 0) is 0 Å². The first-order valence-electron chi connectivity index (χ1n) is 4.06. The highest BCUT2D eigenvalue weighted by molar-refractivity contribution is 4.79. The first kappa shape index (κ1) is 10.5. The van der Waals surface area contributed by atoms with Crippen LogP contribution in [0.15, 0.2) is 12.3 Å². The van der Waals surface area contributed by atoms with E-state index in [1.807, 2.05) is 6.92 Å². The standard InChI is InChI=1S/C9H20NO/c1-6-9(2)11-8-7-10(3,4)5/h2,6-8H2,1,3-5H3/q+1. The van der Waals surface area contributed by atoms with Crippen molar-refractivity contribution in [1.29, 1.82) is 0 Å². The average molecular weight is 158 g/mol. The summed E-state index contributed by atoms with van der Waals surface area (Å²) >= 11 is 0. The van der Waals surface area contributed by atoms with Gasteiger partial charge in [0.25, 0.3) is 0 Å². The number of rotatable bonds is 5. The van der Waals surface area contributed by atoms with E-state index in [2.05, 4.69) is 27.7 Å². The minimum absolute atomic E-state index is 0.774. The first-order chi connectivity index (χ1) is 4.95. The summed E-state index contributed by atoms with van der Waals surface area (Å²) in [4.78, 5) is 0. The molecule has 0 aromatic rings. The molecule has 0 rings (SSSR count). The number of hydrogen-bond donors (Lipinski definition) is 0. The normalized spacial score (nSPS) is 11.3. The Morgan fingerprint density at radius 1 is 1.36 bits per heavy atom. The fourth-order valence-corrected chi connectivity index (χ4v) is 0.566. The van der Waals surface area contributed by atoms with E-state index in [1.54, 1.807) is 0 Å². The molecule has 0 spiro atoms. The Balaban J connectivity index is 3.35. The van der Waals surface area contributed by atoms with Gasteiger partial charge in [0, 0.05) is 6.42 Å². The topological polar surface area (TPSA) is 9.23 Å². The monoisotopic (exact) mass is 158 g/mol. The second-order valence-corrected chi connectivity index (χ2v) is 3.75. The Morgan fingerprint density at radius 2 is 1.91 bits per heavy atom. The van der Waals surface area contributed by atoms with Gasteiger partial charge in [0.05, 0.1) is 26.9 Å². The molecule has 11 heavy (non-hydrogen) atoms. The number of nitrogens with zero attached hydrogens (tertiary/aromatic N) is 1. The highest BCUT2D eigenvalue weighted by Gasteiger charge is 2.05. The number of quaternary nitrogens is 1. The van der Waals surface area contributed by atoms with Gasteiger partial charge in [0.15, 0.2) is 0 Å². The van der Waals surface area contributed by atoms with Gasteiger partial charge in [-0.3, -0.25) is 0 Å². The molecule has 0 saturated carbocycles. The number of likely N-dealkylation sites (N-methyl/N-ethyl adjacent to an activating group) is 1. The predicted molar refractivity (Wildman–Crippen MR) is 48.3 cm³/mol. The van der Waals surface area contributed by atoms with Gasteiger partial charge in [0.1, 0.15) is 13.2 Å². The van der Waals surface area contributed by atoms with Crippen molar-refractivity contribution in [2.24, 2.45) is 0 Å². The lowest BCUT2D eigenvalue weighted by molar-refractivity contribution is -0.870. The van der Waals surface area contributed by atoms with Crippen molar-refractivity contribution in [1.82, 2.24) is 0 Å². The number of hydrogen-bond acceptors (Lipinski definition) is 1. The molecule has 0 aromatic heterocycles. The van der Waals surface area contributed by atoms with Crippen LogP contribution >= 0.6 is 0 Å². The Labute approximate surface area is 70.1 Å². The molecule has 0 atom stereocenters. The van der Waals surface area contributed by atoms with E-state index in [0.29, 0.717) is 0 Å². The van der Waals surface area contributed by atoms with Gasteiger partial charge in [-0.2, -0.15) is 0 Å². The van der Waals surface area contributed by atoms with Gasteiger partial charge in [0.2, 0.25) is 0 Å². The van der Waals surface area contributed by atoms with Gasteiger partial charge in [-0.1, -0.05) is 13.5 Å². The molecule has 0 heterocycles. The lowest BCUT2D eigenvalue weighted by Crippen LogP contribution is -2.37. The molecule has 66 valence electrons. The molecule has 2 nitrogen and oxygen atoms in total. The molecule has 0 fully saturated rings. The molecule has 0 aromatic carbocycles. The van der Waals surface area contributed by atoms with E-state index in [-0.39, 0.29) is 0 Å². The molecule has 2 heteroatoms. The van der Waals surface area contributed by atoms with Crippen LogP contribution < -0.4 is 0 Å². The smallest absolute Gasteiger partial charge is 0.137 e. The summed E-state index contributed by atoms with van der Waals surface area (Å²) in [5, 5.41) is 0. The van der Waals surface area contributed by atoms with E-state index in [1.165, 1.54) is 0 Å². The highest BCUT2D eigenvalue weighted by atomic mass is 16.5. The number of ether oxygens (including phenoxy) is 1. The summed E-state index contributed by atoms with van der Waals surface area (Å²) in [6.07, 6.45) is 0.914. The largest absolute Gasteiger partial charge is 0.493 e. The van der Waals surface area contributed by atoms with Gasteiger partial charge >= 0.3 is 0 Å². The predicted octanol–water partition coefficient (Wildman–Crippen LogP) is 1.63. The lowest BCUT2D eigenvalue weighted by Gasteiger charge is -2.23. The van der Waals surface area contributed by atoms with E-state index < -0.39 is 0 Å². The zero-order valence-electron chi connectivity index (χ0n) is 8.18. The van der Waals surface area contributed by atoms with Crippen LogP contribution in [-0.2, 0) is 4.74 Å². The molecule has 0 N–H and O–H groups in total. The summed E-state index contributed by atoms with van der Waals surface area (Å²) in [5.74, 6) is 0.887. The summed E-state index contributed by atoms with van der Waals surface area (Å²) in [7, 11) is 6.45. The fraction of sp³-hybridized carbons (Fsp3) is 0.778. The molecular weight excluding hydrogens is 138 g/mol. The molecule has 0 aliphatic rings. The zero-order chi connectivity index (χ0) is 8.91. The van der Waals surface area contributed by atoms with Crippen molar-refractivity contribution in [2.75, 3.05) is 34.3 Å². The van der Waals surface area contributed by atoms with Crippen LogP contribution in [-0.4, -0.2) is 38.8 Å². The third-order valence-corrected chi connectivity index (χ3v) is 1.46. The molecule has 0 saturated heterocycles. The molecule has 0 aliphatic heterocycles. The first-order valence-corrected chi connectivity index (χ1v) is 4.06. The molecule has 0 unspecified atom stereocenters. The van der Waals surface area contributed by atoms with Gasteiger partial charge in [-0.15, -0.1) is 0 Å². The Morgan fingerprint density at radius 3 is 2.27 bits per heavy atom. The van der Waals surface area contributed by atoms with Crippen molar-refractivity contribution in [3.8, 4) is 0 Å². The van der Waals surface area contributed by atoms with Crippen LogP contribution in [0.2, 0.25) is 0 Å². The van der Waals surface area contributed by atoms with E-state index in [9.17, 15) is 0 Å². The van der Waals surface area contributed by atoms with E-state index in [0.717, 1.165) is 29.8 Å². The molecule has 0 amide bonds. The van der Waals surface area contributed by atoms with Crippen LogP contribution in [0.3, 0.4) is 0 Å². The van der Waals surface area contributed by atoms with Gasteiger partial charge in [-0.25, -0.2) is 0 Å². The minimum Gasteiger partial charge on any atom is -0.493 e. The average Bonchev–Trinajstić information content (AvgIpc) is 1.85. The summed E-state index contributed by atoms with van der Waals surface area (Å²) in [6, 6.07) is 0. The van der Waals surface area contributed by atoms with E-state index >= 15 is 0 Å². The quantitative estimate of drug-likeness (QED) is 0.436. The zero-order valence-corrected chi connectivity index (χ0v) is 8.18. The van der Waals surface area contributed by atoms with Crippen LogP contribution in [0.1, 0.15) is 13.3 Å². The summed E-state index contributed by atoms with van der Waals surface area (Å²) in [5.41, 5.74) is 0. The van der Waals surface area contributed by atoms with Crippen molar-refractivity contribution >= 4 is 0 Å². The SMILES string of the molecule is C=C(CC)OCC[N+](C)(C)C. The van der Waals surface area contributed by atoms with Crippen LogP contribution in [0, 0.1) is 0 Å². The Bertz CT molecular complexity index is 124. The second-order valence-electron chi connectivity index (χ2n) is 3.75. The molecule has 0 bridgehead atoms. The van der Waals surface area contributed by atoms with E-state index in [4.69, 9.17) is 4.74 Å². The maximum Gasteiger partial charge on any atom is 0.137 e. The van der Waals surface area contributed by atoms with Crippen molar-refractivity contribution in [3.63, 3.8) is 0 Å². The third-order valence-electron chi connectivity index (χ3n) is 1.46. The highest BCUT2D eigenvalue weighted by Crippen LogP contribution is 1.99. The third kappa shape index (κ3) is 7.40. The summed E-state index contributed by atoms with van der Waals surface area (Å²) < 4.78 is 6.30. The van der Waals surface area contributed by atoms with Crippen LogP contribution in [0.25, 0.3) is 0 Å². The summed E-state index contributed by atoms with van der Waals surface area (Å²) in [6.45, 7) is 7.61. The molecule has 0 aliphatic carbocycles. The maximum atomic E-state index is 5.36. The lowest BCUT2D eigenvalue weighted by atomic mass is 10.4. The molecule has 0 radical (unpaired) electrons. The number of allylic oxidation sites excluding steroid dienone is 1. The Kier molecular flexibility index (Phi) is 4.19. The van der Waals surface area contributed by atoms with Gasteiger partial charge < -0.3 is 9.22 Å². The second kappa shape index (κ2) is 4.39. The minimum atomic E-state index is 0.774. The van der Waals surface area contributed by atoms with Crippen molar-refractivity contribution < 1.29 is 9.22 Å². The van der Waals surface area contributed by atoms with Crippen LogP contribution in [0.5, 0.6) is 0 Å². The maximum absolute atomic E-state index is 5.36. The van der Waals surface area contributed by atoms with Crippen LogP contribution in [0.4, 0.5) is 0 Å². The van der Waals surface area contributed by atoms with Crippen molar-refractivity contribution in [2.45, 2.75) is 13.3 Å². The molecular formula is C9H20NO+.